The Bertz CT molecular complexity index is 1090. The number of nitrogens with zero attached hydrogens (tertiary/aromatic N) is 1. The van der Waals surface area contributed by atoms with Crippen LogP contribution in [-0.2, 0) is 11.3 Å². The van der Waals surface area contributed by atoms with E-state index in [9.17, 15) is 18.7 Å². The minimum atomic E-state index is -0.648. The Morgan fingerprint density at radius 1 is 0.900 bits per heavy atom. The fraction of sp³-hybridized carbons (Fsp3) is 0.125. The van der Waals surface area contributed by atoms with Gasteiger partial charge in [0.05, 0.1) is 13.2 Å². The number of methoxy groups -OCH3 is 1. The van der Waals surface area contributed by atoms with Gasteiger partial charge < -0.3 is 14.7 Å². The number of hydrogen-bond donors (Lipinski definition) is 1. The highest BCUT2D eigenvalue weighted by molar-refractivity contribution is 6.05. The molecule has 4 rings (SSSR count). The number of amides is 1. The number of ether oxygens (including phenoxy) is 1. The zero-order valence-corrected chi connectivity index (χ0v) is 16.2. The van der Waals surface area contributed by atoms with E-state index in [4.69, 9.17) is 4.74 Å². The number of rotatable bonds is 5. The molecule has 0 fully saturated rings. The second-order valence-corrected chi connectivity index (χ2v) is 7.00. The predicted octanol–water partition coefficient (Wildman–Crippen LogP) is 5.03. The summed E-state index contributed by atoms with van der Waals surface area (Å²) in [6.45, 7) is 0.222. The summed E-state index contributed by atoms with van der Waals surface area (Å²) in [6, 6.07) is 17.9. The zero-order chi connectivity index (χ0) is 21.3. The molecule has 30 heavy (non-hydrogen) atoms. The topological polar surface area (TPSA) is 49.8 Å². The van der Waals surface area contributed by atoms with Crippen molar-refractivity contribution in [2.24, 2.45) is 0 Å². The summed E-state index contributed by atoms with van der Waals surface area (Å²) in [5, 5.41) is 10.7. The van der Waals surface area contributed by atoms with Crippen LogP contribution in [0.3, 0.4) is 0 Å². The van der Waals surface area contributed by atoms with Crippen LogP contribution in [0.4, 0.5) is 8.78 Å². The van der Waals surface area contributed by atoms with E-state index < -0.39 is 29.3 Å². The first-order valence-corrected chi connectivity index (χ1v) is 9.36. The van der Waals surface area contributed by atoms with Crippen molar-refractivity contribution in [1.82, 2.24) is 4.90 Å². The summed E-state index contributed by atoms with van der Waals surface area (Å²) in [6.07, 6.45) is 0. The molecule has 0 unspecified atom stereocenters. The molecule has 0 aromatic heterocycles. The van der Waals surface area contributed by atoms with Crippen molar-refractivity contribution in [2.45, 2.75) is 12.6 Å². The normalized spacial score (nSPS) is 16.3. The molecule has 3 aromatic rings. The maximum atomic E-state index is 13.5. The van der Waals surface area contributed by atoms with Crippen molar-refractivity contribution in [3.8, 4) is 5.75 Å². The lowest BCUT2D eigenvalue weighted by Gasteiger charge is -2.27. The molecule has 0 spiro atoms. The van der Waals surface area contributed by atoms with Crippen LogP contribution in [0.15, 0.2) is 78.6 Å². The van der Waals surface area contributed by atoms with Gasteiger partial charge in [-0.2, -0.15) is 0 Å². The van der Waals surface area contributed by atoms with Crippen molar-refractivity contribution in [1.29, 1.82) is 0 Å². The fourth-order valence-corrected chi connectivity index (χ4v) is 3.66. The molecule has 1 aliphatic heterocycles. The second-order valence-electron chi connectivity index (χ2n) is 7.00. The number of carbonyl (C=O) groups is 1. The third kappa shape index (κ3) is 3.64. The maximum Gasteiger partial charge on any atom is 0.290 e. The van der Waals surface area contributed by atoms with Gasteiger partial charge in [-0.05, 0) is 53.1 Å². The molecule has 0 bridgehead atoms. The van der Waals surface area contributed by atoms with Crippen molar-refractivity contribution >= 4 is 11.5 Å². The van der Waals surface area contributed by atoms with E-state index in [1.54, 1.807) is 31.4 Å². The van der Waals surface area contributed by atoms with Gasteiger partial charge in [0.1, 0.15) is 17.4 Å². The largest absolute Gasteiger partial charge is 0.503 e. The summed E-state index contributed by atoms with van der Waals surface area (Å²) in [5.41, 5.74) is 2.36. The molecule has 4 nitrogen and oxygen atoms in total. The van der Waals surface area contributed by atoms with Crippen LogP contribution < -0.4 is 4.74 Å². The lowest BCUT2D eigenvalue weighted by molar-refractivity contribution is -0.130. The fourth-order valence-electron chi connectivity index (χ4n) is 3.66. The molecular formula is C24H19F2NO3. The second kappa shape index (κ2) is 7.99. The summed E-state index contributed by atoms with van der Waals surface area (Å²) >= 11 is 0. The first-order chi connectivity index (χ1) is 14.5. The quantitative estimate of drug-likeness (QED) is 0.646. The van der Waals surface area contributed by atoms with Crippen molar-refractivity contribution in [2.75, 3.05) is 7.11 Å². The number of benzene rings is 3. The summed E-state index contributed by atoms with van der Waals surface area (Å²) in [4.78, 5) is 14.5. The first kappa shape index (κ1) is 19.6. The van der Waals surface area contributed by atoms with Crippen LogP contribution in [0, 0.1) is 11.6 Å². The Kier molecular flexibility index (Phi) is 5.23. The number of aliphatic hydroxyl groups is 1. The van der Waals surface area contributed by atoms with E-state index in [1.807, 2.05) is 12.1 Å². The lowest BCUT2D eigenvalue weighted by Crippen LogP contribution is -2.29. The number of hydrogen-bond acceptors (Lipinski definition) is 3. The molecule has 1 amide bonds. The minimum Gasteiger partial charge on any atom is -0.503 e. The highest BCUT2D eigenvalue weighted by atomic mass is 19.1. The molecular weight excluding hydrogens is 388 g/mol. The van der Waals surface area contributed by atoms with Crippen molar-refractivity contribution in [3.05, 3.63) is 107 Å². The molecule has 0 saturated heterocycles. The SMILES string of the molecule is COc1ccc(CN2C(=O)C(O)=C(c3ccc(F)cc3)[C@@H]2c2ccc(F)cc2)cc1. The van der Waals surface area contributed by atoms with Crippen LogP contribution >= 0.6 is 0 Å². The summed E-state index contributed by atoms with van der Waals surface area (Å²) in [5.74, 6) is -1.07. The molecule has 152 valence electrons. The standard InChI is InChI=1S/C24H19F2NO3/c1-30-20-12-2-15(3-13-20)14-27-22(17-6-10-19(26)11-7-17)21(23(28)24(27)29)16-4-8-18(25)9-5-16/h2-13,22,28H,14H2,1H3/t22-/m0/s1. The van der Waals surface area contributed by atoms with E-state index in [-0.39, 0.29) is 6.54 Å². The van der Waals surface area contributed by atoms with Gasteiger partial charge in [-0.1, -0.05) is 36.4 Å². The molecule has 0 aliphatic carbocycles. The average molecular weight is 407 g/mol. The first-order valence-electron chi connectivity index (χ1n) is 9.36. The molecule has 6 heteroatoms. The molecule has 1 N–H and O–H groups in total. The van der Waals surface area contributed by atoms with Gasteiger partial charge in [-0.3, -0.25) is 4.79 Å². The Morgan fingerprint density at radius 2 is 1.47 bits per heavy atom. The summed E-state index contributed by atoms with van der Waals surface area (Å²) < 4.78 is 32.1. The predicted molar refractivity (Wildman–Crippen MR) is 109 cm³/mol. The van der Waals surface area contributed by atoms with Crippen molar-refractivity contribution in [3.63, 3.8) is 0 Å². The van der Waals surface area contributed by atoms with Gasteiger partial charge >= 0.3 is 0 Å². The molecule has 1 heterocycles. The number of halogens is 2. The number of carbonyl (C=O) groups excluding carboxylic acids is 1. The Labute approximate surface area is 172 Å². The maximum absolute atomic E-state index is 13.5. The summed E-state index contributed by atoms with van der Waals surface area (Å²) in [7, 11) is 1.57. The van der Waals surface area contributed by atoms with Gasteiger partial charge in [0, 0.05) is 12.1 Å². The smallest absolute Gasteiger partial charge is 0.290 e. The monoisotopic (exact) mass is 407 g/mol. The van der Waals surface area contributed by atoms with Gasteiger partial charge in [-0.15, -0.1) is 0 Å². The van der Waals surface area contributed by atoms with E-state index in [0.29, 0.717) is 22.4 Å². The van der Waals surface area contributed by atoms with Crippen molar-refractivity contribution < 1.29 is 23.4 Å². The van der Waals surface area contributed by atoms with E-state index in [0.717, 1.165) is 5.56 Å². The molecule has 1 aliphatic rings. The van der Waals surface area contributed by atoms with Crippen LogP contribution in [0.2, 0.25) is 0 Å². The molecule has 3 aromatic carbocycles. The van der Waals surface area contributed by atoms with Gasteiger partial charge in [0.25, 0.3) is 5.91 Å². The van der Waals surface area contributed by atoms with Crippen LogP contribution in [0.5, 0.6) is 5.75 Å². The highest BCUT2D eigenvalue weighted by Gasteiger charge is 2.41. The molecule has 0 radical (unpaired) electrons. The van der Waals surface area contributed by atoms with Crippen LogP contribution in [0.25, 0.3) is 5.57 Å². The Balaban J connectivity index is 1.77. The highest BCUT2D eigenvalue weighted by Crippen LogP contribution is 2.43. The molecule has 1 atom stereocenters. The molecule has 0 saturated carbocycles. The van der Waals surface area contributed by atoms with Gasteiger partial charge in [0.15, 0.2) is 5.76 Å². The Hall–Kier alpha value is -3.67. The zero-order valence-electron chi connectivity index (χ0n) is 16.2. The average Bonchev–Trinajstić information content (AvgIpc) is 3.00. The minimum absolute atomic E-state index is 0.222. The number of aliphatic hydroxyl groups excluding tert-OH is 1. The van der Waals surface area contributed by atoms with Crippen LogP contribution in [0.1, 0.15) is 22.7 Å². The Morgan fingerprint density at radius 3 is 2.03 bits per heavy atom. The van der Waals surface area contributed by atoms with E-state index in [1.165, 1.54) is 41.3 Å². The van der Waals surface area contributed by atoms with E-state index in [2.05, 4.69) is 0 Å². The van der Waals surface area contributed by atoms with Gasteiger partial charge in [0.2, 0.25) is 0 Å². The van der Waals surface area contributed by atoms with E-state index >= 15 is 0 Å². The van der Waals surface area contributed by atoms with Gasteiger partial charge in [-0.25, -0.2) is 8.78 Å². The third-order valence-corrected chi connectivity index (χ3v) is 5.16. The van der Waals surface area contributed by atoms with Crippen LogP contribution in [-0.4, -0.2) is 23.0 Å². The third-order valence-electron chi connectivity index (χ3n) is 5.16. The lowest BCUT2D eigenvalue weighted by atomic mass is 9.93.